The van der Waals surface area contributed by atoms with Crippen molar-refractivity contribution in [1.29, 1.82) is 0 Å². The van der Waals surface area contributed by atoms with E-state index in [0.29, 0.717) is 12.5 Å². The Morgan fingerprint density at radius 3 is 2.56 bits per heavy atom. The average molecular weight is 341 g/mol. The number of H-pyrrole nitrogens is 1. The van der Waals surface area contributed by atoms with Gasteiger partial charge >= 0.3 is 0 Å². The van der Waals surface area contributed by atoms with Gasteiger partial charge in [-0.2, -0.15) is 0 Å². The van der Waals surface area contributed by atoms with Crippen LogP contribution < -0.4 is 15.0 Å². The summed E-state index contributed by atoms with van der Waals surface area (Å²) in [6.45, 7) is 2.33. The molecule has 1 aromatic heterocycles. The third-order valence-electron chi connectivity index (χ3n) is 4.95. The quantitative estimate of drug-likeness (QED) is 0.903. The first-order chi connectivity index (χ1) is 12.2. The fraction of sp³-hybridized carbons (Fsp3) is 0.474. The molecule has 4 rings (SSSR count). The first-order valence-electron chi connectivity index (χ1n) is 8.72. The van der Waals surface area contributed by atoms with E-state index in [1.807, 2.05) is 18.2 Å². The van der Waals surface area contributed by atoms with Crippen molar-refractivity contribution >= 4 is 0 Å². The third-order valence-corrected chi connectivity index (χ3v) is 4.95. The van der Waals surface area contributed by atoms with Gasteiger partial charge in [-0.3, -0.25) is 9.69 Å². The van der Waals surface area contributed by atoms with Crippen LogP contribution in [0.3, 0.4) is 0 Å². The SMILES string of the molecule is COc1cc(CN2CCc3c(nc(C4CC4)[nH]c3=O)C2)cc(OC)c1. The molecule has 0 spiro atoms. The van der Waals surface area contributed by atoms with Gasteiger partial charge in [0.25, 0.3) is 5.56 Å². The monoisotopic (exact) mass is 341 g/mol. The molecule has 6 heteroatoms. The van der Waals surface area contributed by atoms with Crippen LogP contribution in [0.5, 0.6) is 11.5 Å². The lowest BCUT2D eigenvalue weighted by Gasteiger charge is -2.28. The Hall–Kier alpha value is -2.34. The first kappa shape index (κ1) is 16.1. The van der Waals surface area contributed by atoms with Crippen LogP contribution in [-0.4, -0.2) is 35.6 Å². The van der Waals surface area contributed by atoms with E-state index in [1.54, 1.807) is 14.2 Å². The lowest BCUT2D eigenvalue weighted by Crippen LogP contribution is -2.35. The van der Waals surface area contributed by atoms with E-state index < -0.39 is 0 Å². The zero-order valence-electron chi connectivity index (χ0n) is 14.7. The number of methoxy groups -OCH3 is 2. The van der Waals surface area contributed by atoms with Gasteiger partial charge in [-0.15, -0.1) is 0 Å². The standard InChI is InChI=1S/C19H23N3O3/c1-24-14-7-12(8-15(9-14)25-2)10-22-6-5-16-17(11-22)20-18(13-3-4-13)21-19(16)23/h7-9,13H,3-6,10-11H2,1-2H3,(H,20,21,23). The molecule has 0 atom stereocenters. The molecule has 1 aliphatic heterocycles. The maximum atomic E-state index is 12.3. The highest BCUT2D eigenvalue weighted by Crippen LogP contribution is 2.38. The minimum Gasteiger partial charge on any atom is -0.497 e. The fourth-order valence-electron chi connectivity index (χ4n) is 3.41. The summed E-state index contributed by atoms with van der Waals surface area (Å²) in [6.07, 6.45) is 3.01. The van der Waals surface area contributed by atoms with E-state index >= 15 is 0 Å². The fourth-order valence-corrected chi connectivity index (χ4v) is 3.41. The largest absolute Gasteiger partial charge is 0.497 e. The maximum absolute atomic E-state index is 12.3. The Morgan fingerprint density at radius 2 is 1.92 bits per heavy atom. The highest BCUT2D eigenvalue weighted by Gasteiger charge is 2.29. The number of benzene rings is 1. The van der Waals surface area contributed by atoms with Crippen LogP contribution in [0.1, 0.15) is 41.4 Å². The van der Waals surface area contributed by atoms with E-state index in [9.17, 15) is 4.79 Å². The summed E-state index contributed by atoms with van der Waals surface area (Å²) in [5.41, 5.74) is 2.97. The molecule has 0 amide bonds. The molecular weight excluding hydrogens is 318 g/mol. The summed E-state index contributed by atoms with van der Waals surface area (Å²) in [6, 6.07) is 5.93. The summed E-state index contributed by atoms with van der Waals surface area (Å²) >= 11 is 0. The van der Waals surface area contributed by atoms with Crippen molar-refractivity contribution < 1.29 is 9.47 Å². The molecule has 132 valence electrons. The van der Waals surface area contributed by atoms with Gasteiger partial charge < -0.3 is 14.5 Å². The Kier molecular flexibility index (Phi) is 4.21. The second-order valence-corrected chi connectivity index (χ2v) is 6.83. The van der Waals surface area contributed by atoms with E-state index in [4.69, 9.17) is 14.5 Å². The van der Waals surface area contributed by atoms with Crippen LogP contribution in [0.4, 0.5) is 0 Å². The summed E-state index contributed by atoms with van der Waals surface area (Å²) in [7, 11) is 3.32. The molecule has 1 saturated carbocycles. The summed E-state index contributed by atoms with van der Waals surface area (Å²) in [5, 5.41) is 0. The predicted molar refractivity (Wildman–Crippen MR) is 94.2 cm³/mol. The Labute approximate surface area is 146 Å². The van der Waals surface area contributed by atoms with Gasteiger partial charge in [0.1, 0.15) is 17.3 Å². The Balaban J connectivity index is 1.55. The smallest absolute Gasteiger partial charge is 0.254 e. The van der Waals surface area contributed by atoms with Gasteiger partial charge in [0.15, 0.2) is 0 Å². The summed E-state index contributed by atoms with van der Waals surface area (Å²) in [4.78, 5) is 22.3. The molecule has 2 aliphatic rings. The number of rotatable bonds is 5. The van der Waals surface area contributed by atoms with Crippen molar-refractivity contribution in [3.63, 3.8) is 0 Å². The van der Waals surface area contributed by atoms with Crippen LogP contribution in [0.25, 0.3) is 0 Å². The highest BCUT2D eigenvalue weighted by atomic mass is 16.5. The molecule has 0 bridgehead atoms. The van der Waals surface area contributed by atoms with Crippen molar-refractivity contribution in [2.45, 2.75) is 38.3 Å². The number of fused-ring (bicyclic) bond motifs is 1. The molecule has 1 N–H and O–H groups in total. The van der Waals surface area contributed by atoms with E-state index in [2.05, 4.69) is 9.88 Å². The average Bonchev–Trinajstić information content (AvgIpc) is 3.46. The van der Waals surface area contributed by atoms with Crippen LogP contribution in [0, 0.1) is 0 Å². The lowest BCUT2D eigenvalue weighted by molar-refractivity contribution is 0.239. The van der Waals surface area contributed by atoms with E-state index in [1.165, 1.54) is 0 Å². The Morgan fingerprint density at radius 1 is 1.20 bits per heavy atom. The summed E-state index contributed by atoms with van der Waals surface area (Å²) < 4.78 is 10.7. The molecule has 0 unspecified atom stereocenters. The normalized spacial score (nSPS) is 17.2. The molecular formula is C19H23N3O3. The molecule has 1 aliphatic carbocycles. The van der Waals surface area contributed by atoms with Crippen molar-refractivity contribution in [1.82, 2.24) is 14.9 Å². The molecule has 1 aromatic carbocycles. The van der Waals surface area contributed by atoms with Gasteiger partial charge in [-0.25, -0.2) is 4.98 Å². The molecule has 6 nitrogen and oxygen atoms in total. The predicted octanol–water partition coefficient (Wildman–Crippen LogP) is 2.22. The first-order valence-corrected chi connectivity index (χ1v) is 8.72. The van der Waals surface area contributed by atoms with Gasteiger partial charge in [-0.05, 0) is 37.0 Å². The molecule has 2 heterocycles. The number of aromatic nitrogens is 2. The van der Waals surface area contributed by atoms with Crippen LogP contribution in [-0.2, 0) is 19.5 Å². The second kappa shape index (κ2) is 6.52. The van der Waals surface area contributed by atoms with E-state index in [0.717, 1.165) is 66.5 Å². The number of ether oxygens (including phenoxy) is 2. The number of hydrogen-bond acceptors (Lipinski definition) is 5. The lowest BCUT2D eigenvalue weighted by atomic mass is 10.1. The number of aromatic amines is 1. The maximum Gasteiger partial charge on any atom is 0.254 e. The van der Waals surface area contributed by atoms with E-state index in [-0.39, 0.29) is 5.56 Å². The third kappa shape index (κ3) is 3.39. The molecule has 1 fully saturated rings. The van der Waals surface area contributed by atoms with Gasteiger partial charge in [0.05, 0.1) is 19.9 Å². The number of nitrogens with zero attached hydrogens (tertiary/aromatic N) is 2. The molecule has 0 radical (unpaired) electrons. The number of hydrogen-bond donors (Lipinski definition) is 1. The van der Waals surface area contributed by atoms with Gasteiger partial charge in [0.2, 0.25) is 0 Å². The zero-order valence-corrected chi connectivity index (χ0v) is 14.7. The molecule has 0 saturated heterocycles. The minimum absolute atomic E-state index is 0.0506. The van der Waals surface area contributed by atoms with Crippen LogP contribution in [0.15, 0.2) is 23.0 Å². The van der Waals surface area contributed by atoms with Gasteiger partial charge in [0, 0.05) is 37.2 Å². The van der Waals surface area contributed by atoms with Crippen molar-refractivity contribution in [3.8, 4) is 11.5 Å². The summed E-state index contributed by atoms with van der Waals surface area (Å²) in [5.74, 6) is 2.90. The van der Waals surface area contributed by atoms with Crippen molar-refractivity contribution in [3.05, 3.63) is 51.2 Å². The molecule has 25 heavy (non-hydrogen) atoms. The van der Waals surface area contributed by atoms with Gasteiger partial charge in [-0.1, -0.05) is 0 Å². The van der Waals surface area contributed by atoms with Crippen LogP contribution in [0.2, 0.25) is 0 Å². The van der Waals surface area contributed by atoms with Crippen molar-refractivity contribution in [2.24, 2.45) is 0 Å². The topological polar surface area (TPSA) is 67.5 Å². The minimum atomic E-state index is 0.0506. The zero-order chi connectivity index (χ0) is 17.4. The van der Waals surface area contributed by atoms with Crippen molar-refractivity contribution in [2.75, 3.05) is 20.8 Å². The highest BCUT2D eigenvalue weighted by molar-refractivity contribution is 5.38. The Bertz CT molecular complexity index is 820. The van der Waals surface area contributed by atoms with Crippen LogP contribution >= 0.6 is 0 Å². The number of nitrogens with one attached hydrogen (secondary N) is 1. The molecule has 2 aromatic rings. The second-order valence-electron chi connectivity index (χ2n) is 6.83.